The Labute approximate surface area is 80.3 Å². The zero-order valence-corrected chi connectivity index (χ0v) is 10.2. The standard InChI is InChI=1S/C11H25P/c1-5-6-7-8-9-12-10-11(2,3)4/h12H,5-10H2,1-4H3. The van der Waals surface area contributed by atoms with Crippen LogP contribution in [0.3, 0.4) is 0 Å². The van der Waals surface area contributed by atoms with Gasteiger partial charge in [0.25, 0.3) is 0 Å². The topological polar surface area (TPSA) is 0 Å². The average Bonchev–Trinajstić information content (AvgIpc) is 1.94. The summed E-state index contributed by atoms with van der Waals surface area (Å²) in [6.07, 6.45) is 8.59. The van der Waals surface area contributed by atoms with E-state index in [4.69, 9.17) is 0 Å². The van der Waals surface area contributed by atoms with Crippen LogP contribution in [0.4, 0.5) is 0 Å². The van der Waals surface area contributed by atoms with Crippen molar-refractivity contribution in [2.45, 2.75) is 53.4 Å². The second-order valence-corrected chi connectivity index (χ2v) is 6.15. The molecule has 0 N–H and O–H groups in total. The molecule has 0 heterocycles. The summed E-state index contributed by atoms with van der Waals surface area (Å²) in [6.45, 7) is 9.29. The maximum Gasteiger partial charge on any atom is -0.0304 e. The van der Waals surface area contributed by atoms with Crippen molar-refractivity contribution in [3.05, 3.63) is 0 Å². The first-order valence-corrected chi connectivity index (χ1v) is 6.68. The van der Waals surface area contributed by atoms with E-state index in [0.717, 1.165) is 0 Å². The fourth-order valence-electron chi connectivity index (χ4n) is 1.14. The van der Waals surface area contributed by atoms with E-state index in [1.54, 1.807) is 0 Å². The number of rotatable bonds is 6. The molecule has 1 heteroatoms. The highest BCUT2D eigenvalue weighted by atomic mass is 31.1. The Hall–Kier alpha value is 0.430. The second kappa shape index (κ2) is 6.89. The fraction of sp³-hybridized carbons (Fsp3) is 1.00. The molecule has 0 radical (unpaired) electrons. The van der Waals surface area contributed by atoms with Gasteiger partial charge in [-0.15, -0.1) is 8.58 Å². The van der Waals surface area contributed by atoms with Crippen LogP contribution in [0.2, 0.25) is 0 Å². The van der Waals surface area contributed by atoms with Crippen molar-refractivity contribution in [1.29, 1.82) is 0 Å². The minimum atomic E-state index is 0.559. The average molecular weight is 188 g/mol. The minimum Gasteiger partial charge on any atom is -0.122 e. The van der Waals surface area contributed by atoms with Gasteiger partial charge in [0.05, 0.1) is 0 Å². The smallest absolute Gasteiger partial charge is 0.0304 e. The van der Waals surface area contributed by atoms with Crippen LogP contribution in [0, 0.1) is 5.41 Å². The normalized spacial score (nSPS) is 13.0. The van der Waals surface area contributed by atoms with E-state index in [0.29, 0.717) is 5.41 Å². The van der Waals surface area contributed by atoms with Gasteiger partial charge in [0.2, 0.25) is 0 Å². The molecule has 0 bridgehead atoms. The Morgan fingerprint density at radius 3 is 2.17 bits per heavy atom. The third-order valence-electron chi connectivity index (χ3n) is 1.86. The molecule has 0 saturated carbocycles. The maximum atomic E-state index is 2.34. The predicted octanol–water partition coefficient (Wildman–Crippen LogP) is 4.29. The third kappa shape index (κ3) is 10.4. The van der Waals surface area contributed by atoms with Crippen molar-refractivity contribution in [3.8, 4) is 0 Å². The van der Waals surface area contributed by atoms with Gasteiger partial charge in [0.1, 0.15) is 0 Å². The Bertz CT molecular complexity index is 91.7. The molecule has 0 saturated heterocycles. The van der Waals surface area contributed by atoms with Crippen LogP contribution in [0.25, 0.3) is 0 Å². The zero-order valence-electron chi connectivity index (χ0n) is 9.24. The molecule has 74 valence electrons. The Balaban J connectivity index is 3.01. The first-order chi connectivity index (χ1) is 5.56. The molecule has 0 aromatic heterocycles. The molecule has 0 amide bonds. The van der Waals surface area contributed by atoms with Crippen LogP contribution in [0.5, 0.6) is 0 Å². The van der Waals surface area contributed by atoms with Crippen molar-refractivity contribution >= 4 is 8.58 Å². The Kier molecular flexibility index (Phi) is 7.14. The molecule has 1 unspecified atom stereocenters. The van der Waals surface area contributed by atoms with E-state index >= 15 is 0 Å². The van der Waals surface area contributed by atoms with Crippen molar-refractivity contribution < 1.29 is 0 Å². The van der Waals surface area contributed by atoms with E-state index in [1.807, 2.05) is 0 Å². The summed E-state index contributed by atoms with van der Waals surface area (Å²) < 4.78 is 0. The quantitative estimate of drug-likeness (QED) is 0.431. The third-order valence-corrected chi connectivity index (χ3v) is 3.88. The number of hydrogen-bond donors (Lipinski definition) is 0. The Morgan fingerprint density at radius 1 is 1.00 bits per heavy atom. The van der Waals surface area contributed by atoms with Gasteiger partial charge in [-0.1, -0.05) is 47.0 Å². The largest absolute Gasteiger partial charge is 0.122 e. The molecule has 0 spiro atoms. The molecular weight excluding hydrogens is 163 g/mol. The van der Waals surface area contributed by atoms with E-state index in [-0.39, 0.29) is 0 Å². The molecule has 0 fully saturated rings. The van der Waals surface area contributed by atoms with Crippen molar-refractivity contribution in [1.82, 2.24) is 0 Å². The molecular formula is C11H25P. The molecule has 0 aromatic rings. The van der Waals surface area contributed by atoms with Crippen LogP contribution < -0.4 is 0 Å². The molecule has 0 rings (SSSR count). The lowest BCUT2D eigenvalue weighted by Crippen LogP contribution is -2.07. The molecule has 0 nitrogen and oxygen atoms in total. The van der Waals surface area contributed by atoms with Crippen LogP contribution >= 0.6 is 8.58 Å². The Morgan fingerprint density at radius 2 is 1.67 bits per heavy atom. The highest BCUT2D eigenvalue weighted by Crippen LogP contribution is 2.25. The van der Waals surface area contributed by atoms with Gasteiger partial charge in [0.15, 0.2) is 0 Å². The van der Waals surface area contributed by atoms with Gasteiger partial charge >= 0.3 is 0 Å². The summed E-state index contributed by atoms with van der Waals surface area (Å²) in [6, 6.07) is 0. The molecule has 0 aromatic carbocycles. The summed E-state index contributed by atoms with van der Waals surface area (Å²) in [5, 5.41) is 0. The summed E-state index contributed by atoms with van der Waals surface area (Å²) in [5.74, 6) is 0. The summed E-state index contributed by atoms with van der Waals surface area (Å²) in [4.78, 5) is 0. The molecule has 0 aliphatic carbocycles. The fourth-order valence-corrected chi connectivity index (χ4v) is 2.57. The van der Waals surface area contributed by atoms with Gasteiger partial charge in [-0.3, -0.25) is 0 Å². The van der Waals surface area contributed by atoms with Crippen LogP contribution in [-0.2, 0) is 0 Å². The summed E-state index contributed by atoms with van der Waals surface area (Å²) >= 11 is 0. The van der Waals surface area contributed by atoms with Gasteiger partial charge < -0.3 is 0 Å². The minimum absolute atomic E-state index is 0.559. The van der Waals surface area contributed by atoms with Gasteiger partial charge in [0, 0.05) is 0 Å². The van der Waals surface area contributed by atoms with E-state index < -0.39 is 0 Å². The number of hydrogen-bond acceptors (Lipinski definition) is 0. The second-order valence-electron chi connectivity index (χ2n) is 4.80. The molecule has 0 aliphatic heterocycles. The highest BCUT2D eigenvalue weighted by molar-refractivity contribution is 7.38. The molecule has 12 heavy (non-hydrogen) atoms. The maximum absolute atomic E-state index is 2.34. The monoisotopic (exact) mass is 188 g/mol. The van der Waals surface area contributed by atoms with Crippen LogP contribution in [0.1, 0.15) is 53.4 Å². The van der Waals surface area contributed by atoms with Crippen LogP contribution in [0.15, 0.2) is 0 Å². The summed E-state index contributed by atoms with van der Waals surface area (Å²) in [5.41, 5.74) is 0.559. The lowest BCUT2D eigenvalue weighted by atomic mass is 10.0. The number of unbranched alkanes of at least 4 members (excludes halogenated alkanes) is 3. The van der Waals surface area contributed by atoms with Crippen LogP contribution in [-0.4, -0.2) is 12.3 Å². The first kappa shape index (κ1) is 12.4. The lowest BCUT2D eigenvalue weighted by molar-refractivity contribution is 0.478. The molecule has 0 aliphatic rings. The van der Waals surface area contributed by atoms with E-state index in [9.17, 15) is 0 Å². The lowest BCUT2D eigenvalue weighted by Gasteiger charge is -2.17. The van der Waals surface area contributed by atoms with Crippen molar-refractivity contribution in [3.63, 3.8) is 0 Å². The van der Waals surface area contributed by atoms with E-state index in [1.165, 1.54) is 46.6 Å². The highest BCUT2D eigenvalue weighted by Gasteiger charge is 2.08. The van der Waals surface area contributed by atoms with Gasteiger partial charge in [-0.25, -0.2) is 0 Å². The van der Waals surface area contributed by atoms with Gasteiger partial charge in [-0.2, -0.15) is 0 Å². The first-order valence-electron chi connectivity index (χ1n) is 5.27. The van der Waals surface area contributed by atoms with Crippen molar-refractivity contribution in [2.24, 2.45) is 5.41 Å². The van der Waals surface area contributed by atoms with Crippen molar-refractivity contribution in [2.75, 3.05) is 12.3 Å². The summed E-state index contributed by atoms with van der Waals surface area (Å²) in [7, 11) is 1.19. The molecule has 1 atom stereocenters. The SMILES string of the molecule is CCCCCCPCC(C)(C)C. The predicted molar refractivity (Wildman–Crippen MR) is 61.6 cm³/mol. The van der Waals surface area contributed by atoms with E-state index in [2.05, 4.69) is 27.7 Å². The van der Waals surface area contributed by atoms with Gasteiger partial charge in [-0.05, 0) is 24.2 Å². The zero-order chi connectivity index (χ0) is 9.45.